The maximum atomic E-state index is 11.4. The molecule has 2 aromatic carbocycles. The van der Waals surface area contributed by atoms with Crippen LogP contribution in [0.25, 0.3) is 0 Å². The minimum atomic E-state index is -0.513. The highest BCUT2D eigenvalue weighted by Gasteiger charge is 2.16. The van der Waals surface area contributed by atoms with Gasteiger partial charge in [-0.1, -0.05) is 29.3 Å². The van der Waals surface area contributed by atoms with Crippen molar-refractivity contribution in [2.24, 2.45) is 0 Å². The summed E-state index contributed by atoms with van der Waals surface area (Å²) in [6, 6.07) is 11.1. The summed E-state index contributed by atoms with van der Waals surface area (Å²) in [4.78, 5) is 21.5. The maximum absolute atomic E-state index is 11.4. The summed E-state index contributed by atoms with van der Waals surface area (Å²) in [5.41, 5.74) is 0.503. The van der Waals surface area contributed by atoms with Crippen LogP contribution in [0.15, 0.2) is 42.5 Å². The van der Waals surface area contributed by atoms with Gasteiger partial charge in [-0.25, -0.2) is 4.79 Å². The Labute approximate surface area is 149 Å². The van der Waals surface area contributed by atoms with Crippen molar-refractivity contribution in [1.29, 1.82) is 0 Å². The number of esters is 1. The summed E-state index contributed by atoms with van der Waals surface area (Å²) >= 11 is 11.1. The molecule has 0 aromatic heterocycles. The van der Waals surface area contributed by atoms with E-state index in [1.54, 1.807) is 32.2 Å². The lowest BCUT2D eigenvalue weighted by atomic mass is 10.1. The van der Waals surface area contributed by atoms with Gasteiger partial charge in [0.2, 0.25) is 0 Å². The predicted octanol–water partition coefficient (Wildman–Crippen LogP) is 4.81. The number of rotatable bonds is 4. The summed E-state index contributed by atoms with van der Waals surface area (Å²) in [7, 11) is 1.55. The van der Waals surface area contributed by atoms with E-state index in [1.165, 1.54) is 18.2 Å². The van der Waals surface area contributed by atoms with Gasteiger partial charge in [0.25, 0.3) is 5.69 Å². The Morgan fingerprint density at radius 2 is 1.83 bits per heavy atom. The van der Waals surface area contributed by atoms with Crippen molar-refractivity contribution in [2.45, 2.75) is 6.92 Å². The average Bonchev–Trinajstić information content (AvgIpc) is 2.54. The van der Waals surface area contributed by atoms with E-state index < -0.39 is 10.9 Å². The Morgan fingerprint density at radius 1 is 1.21 bits per heavy atom. The van der Waals surface area contributed by atoms with Crippen molar-refractivity contribution in [3.05, 3.63) is 68.2 Å². The van der Waals surface area contributed by atoms with E-state index in [9.17, 15) is 14.9 Å². The van der Waals surface area contributed by atoms with Crippen molar-refractivity contribution < 1.29 is 14.5 Å². The van der Waals surface area contributed by atoms with Crippen LogP contribution >= 0.6 is 23.2 Å². The SMILES string of the molecule is CCOC(=O)c1ccc([N+](=O)[O-])c(NC)c1.Clc1cccc(Cl)c1. The average molecular weight is 371 g/mol. The van der Waals surface area contributed by atoms with Crippen LogP contribution in [0.1, 0.15) is 17.3 Å². The molecule has 0 aliphatic heterocycles. The van der Waals surface area contributed by atoms with Crippen LogP contribution in [-0.2, 0) is 4.74 Å². The quantitative estimate of drug-likeness (QED) is 0.474. The highest BCUT2D eigenvalue weighted by atomic mass is 35.5. The highest BCUT2D eigenvalue weighted by Crippen LogP contribution is 2.25. The van der Waals surface area contributed by atoms with Gasteiger partial charge in [0.05, 0.1) is 17.1 Å². The van der Waals surface area contributed by atoms with E-state index in [2.05, 4.69) is 5.32 Å². The van der Waals surface area contributed by atoms with Crippen LogP contribution < -0.4 is 5.32 Å². The number of nitro groups is 1. The monoisotopic (exact) mass is 370 g/mol. The van der Waals surface area contributed by atoms with Gasteiger partial charge in [0.1, 0.15) is 5.69 Å². The number of nitrogens with zero attached hydrogens (tertiary/aromatic N) is 1. The Balaban J connectivity index is 0.000000300. The van der Waals surface area contributed by atoms with Crippen molar-refractivity contribution in [1.82, 2.24) is 0 Å². The number of anilines is 1. The molecule has 0 amide bonds. The van der Waals surface area contributed by atoms with Gasteiger partial charge in [-0.15, -0.1) is 0 Å². The lowest BCUT2D eigenvalue weighted by Crippen LogP contribution is -2.06. The summed E-state index contributed by atoms with van der Waals surface area (Å²) < 4.78 is 4.79. The summed E-state index contributed by atoms with van der Waals surface area (Å²) in [5, 5.41) is 14.7. The van der Waals surface area contributed by atoms with Crippen LogP contribution in [0.4, 0.5) is 11.4 Å². The van der Waals surface area contributed by atoms with Crippen LogP contribution in [0.3, 0.4) is 0 Å². The minimum Gasteiger partial charge on any atom is -0.462 e. The third-order valence-electron chi connectivity index (χ3n) is 2.76. The lowest BCUT2D eigenvalue weighted by Gasteiger charge is -2.05. The number of carbonyl (C=O) groups excluding carboxylic acids is 1. The fourth-order valence-corrected chi connectivity index (χ4v) is 2.13. The summed E-state index contributed by atoms with van der Waals surface area (Å²) in [6.45, 7) is 1.97. The van der Waals surface area contributed by atoms with Crippen molar-refractivity contribution >= 4 is 40.5 Å². The van der Waals surface area contributed by atoms with Crippen molar-refractivity contribution in [3.8, 4) is 0 Å². The first kappa shape index (κ1) is 19.7. The smallest absolute Gasteiger partial charge is 0.338 e. The van der Waals surface area contributed by atoms with E-state index in [1.807, 2.05) is 6.07 Å². The van der Waals surface area contributed by atoms with E-state index in [0.29, 0.717) is 10.0 Å². The number of hydrogen-bond acceptors (Lipinski definition) is 5. The number of nitrogens with one attached hydrogen (secondary N) is 1. The zero-order chi connectivity index (χ0) is 18.1. The fourth-order valence-electron chi connectivity index (χ4n) is 1.70. The maximum Gasteiger partial charge on any atom is 0.338 e. The first-order valence-corrected chi connectivity index (χ1v) is 7.69. The van der Waals surface area contributed by atoms with Gasteiger partial charge >= 0.3 is 5.97 Å². The molecular weight excluding hydrogens is 355 g/mol. The topological polar surface area (TPSA) is 81.5 Å². The zero-order valence-corrected chi connectivity index (χ0v) is 14.6. The molecule has 0 aliphatic carbocycles. The summed E-state index contributed by atoms with van der Waals surface area (Å²) in [6.07, 6.45) is 0. The molecule has 2 aromatic rings. The van der Waals surface area contributed by atoms with Crippen molar-refractivity contribution in [2.75, 3.05) is 19.0 Å². The van der Waals surface area contributed by atoms with E-state index >= 15 is 0 Å². The molecular formula is C16H16Cl2N2O4. The molecule has 0 bridgehead atoms. The third-order valence-corrected chi connectivity index (χ3v) is 3.23. The van der Waals surface area contributed by atoms with Gasteiger partial charge in [-0.05, 0) is 37.3 Å². The zero-order valence-electron chi connectivity index (χ0n) is 13.1. The first-order valence-electron chi connectivity index (χ1n) is 6.93. The number of carbonyl (C=O) groups is 1. The number of benzene rings is 2. The molecule has 0 saturated heterocycles. The Morgan fingerprint density at radius 3 is 2.25 bits per heavy atom. The fraction of sp³-hybridized carbons (Fsp3) is 0.188. The molecule has 6 nitrogen and oxygen atoms in total. The van der Waals surface area contributed by atoms with Gasteiger partial charge in [0.15, 0.2) is 0 Å². The van der Waals surface area contributed by atoms with Crippen LogP contribution in [0.2, 0.25) is 10.0 Å². The molecule has 0 fully saturated rings. The molecule has 0 atom stereocenters. The molecule has 0 radical (unpaired) electrons. The number of ether oxygens (including phenoxy) is 1. The standard InChI is InChI=1S/C10H12N2O4.C6H4Cl2/c1-3-16-10(13)7-4-5-9(12(14)15)8(6-7)11-2;7-5-2-1-3-6(8)4-5/h4-6,11H,3H2,1-2H3;1-4H. The second-order valence-corrected chi connectivity index (χ2v) is 5.27. The Bertz CT molecular complexity index is 706. The molecule has 1 N–H and O–H groups in total. The lowest BCUT2D eigenvalue weighted by molar-refractivity contribution is -0.383. The minimum absolute atomic E-state index is 0.0736. The molecule has 0 saturated carbocycles. The van der Waals surface area contributed by atoms with Crippen LogP contribution in [0.5, 0.6) is 0 Å². The van der Waals surface area contributed by atoms with E-state index in [-0.39, 0.29) is 23.5 Å². The molecule has 0 heterocycles. The Hall–Kier alpha value is -2.31. The van der Waals surface area contributed by atoms with Gasteiger partial charge in [-0.3, -0.25) is 10.1 Å². The van der Waals surface area contributed by atoms with Gasteiger partial charge in [0, 0.05) is 23.2 Å². The van der Waals surface area contributed by atoms with Gasteiger partial charge in [-0.2, -0.15) is 0 Å². The predicted molar refractivity (Wildman–Crippen MR) is 95.1 cm³/mol. The molecule has 24 heavy (non-hydrogen) atoms. The molecule has 0 spiro atoms. The second kappa shape index (κ2) is 9.75. The number of hydrogen-bond donors (Lipinski definition) is 1. The van der Waals surface area contributed by atoms with Gasteiger partial charge < -0.3 is 10.1 Å². The largest absolute Gasteiger partial charge is 0.462 e. The molecule has 8 heteroatoms. The molecule has 0 aliphatic rings. The summed E-state index contributed by atoms with van der Waals surface area (Å²) in [5.74, 6) is -0.492. The third kappa shape index (κ3) is 6.06. The van der Waals surface area contributed by atoms with Crippen molar-refractivity contribution in [3.63, 3.8) is 0 Å². The van der Waals surface area contributed by atoms with Crippen LogP contribution in [0, 0.1) is 10.1 Å². The van der Waals surface area contributed by atoms with E-state index in [4.69, 9.17) is 27.9 Å². The van der Waals surface area contributed by atoms with E-state index in [0.717, 1.165) is 0 Å². The normalized spacial score (nSPS) is 9.50. The molecule has 2 rings (SSSR count). The first-order chi connectivity index (χ1) is 11.4. The molecule has 0 unspecified atom stereocenters. The number of nitro benzene ring substituents is 1. The number of halogens is 2. The Kier molecular flexibility index (Phi) is 8.01. The van der Waals surface area contributed by atoms with Crippen LogP contribution in [-0.4, -0.2) is 24.5 Å². The second-order valence-electron chi connectivity index (χ2n) is 4.40. The highest BCUT2D eigenvalue weighted by molar-refractivity contribution is 6.34. The molecule has 128 valence electrons.